The van der Waals surface area contributed by atoms with Crippen molar-refractivity contribution >= 4 is 23.2 Å². The van der Waals surface area contributed by atoms with Gasteiger partial charge in [-0.05, 0) is 37.6 Å². The number of hydrogen-bond donors (Lipinski definition) is 0. The third-order valence-electron chi connectivity index (χ3n) is 3.14. The van der Waals surface area contributed by atoms with E-state index in [1.807, 2.05) is 31.2 Å². The van der Waals surface area contributed by atoms with Crippen LogP contribution in [0.4, 0.5) is 5.69 Å². The van der Waals surface area contributed by atoms with E-state index >= 15 is 0 Å². The highest BCUT2D eigenvalue weighted by Crippen LogP contribution is 2.26. The topological polar surface area (TPSA) is 29.5 Å². The molecule has 1 aliphatic rings. The normalized spacial score (nSPS) is 21.2. The fourth-order valence-corrected chi connectivity index (χ4v) is 2.20. The predicted molar refractivity (Wildman–Crippen MR) is 73.4 cm³/mol. The van der Waals surface area contributed by atoms with E-state index < -0.39 is 0 Å². The van der Waals surface area contributed by atoms with E-state index in [0.29, 0.717) is 13.0 Å². The van der Waals surface area contributed by atoms with E-state index in [1.165, 1.54) is 0 Å². The van der Waals surface area contributed by atoms with Gasteiger partial charge in [-0.3, -0.25) is 4.79 Å². The molecule has 1 fully saturated rings. The molecule has 0 spiro atoms. The number of hydrogen-bond acceptors (Lipinski definition) is 2. The van der Waals surface area contributed by atoms with Crippen LogP contribution in [-0.4, -0.2) is 23.9 Å². The van der Waals surface area contributed by atoms with Crippen molar-refractivity contribution in [3.05, 3.63) is 24.3 Å². The number of rotatable bonds is 4. The largest absolute Gasteiger partial charge is 0.491 e. The summed E-state index contributed by atoms with van der Waals surface area (Å²) in [5.74, 6) is 0.924. The number of carbonyl (C=O) groups excluding carboxylic acids is 1. The molecule has 2 atom stereocenters. The zero-order valence-corrected chi connectivity index (χ0v) is 11.5. The zero-order valence-electron chi connectivity index (χ0n) is 10.7. The Balaban J connectivity index is 2.06. The summed E-state index contributed by atoms with van der Waals surface area (Å²) in [6.07, 6.45) is 1.60. The van der Waals surface area contributed by atoms with Crippen molar-refractivity contribution in [3.8, 4) is 5.75 Å². The molecule has 2 unspecified atom stereocenters. The maximum atomic E-state index is 11.7. The van der Waals surface area contributed by atoms with Crippen molar-refractivity contribution in [2.75, 3.05) is 11.4 Å². The highest BCUT2D eigenvalue weighted by Gasteiger charge is 2.28. The standard InChI is InChI=1S/C14H18ClNO2/c1-3-10(2)18-13-6-4-12(5-7-13)16-9-11(15)8-14(16)17/h4-7,10-11H,3,8-9H2,1-2H3. The molecule has 0 N–H and O–H groups in total. The number of anilines is 1. The lowest BCUT2D eigenvalue weighted by Gasteiger charge is -2.17. The van der Waals surface area contributed by atoms with E-state index in [1.54, 1.807) is 4.90 Å². The number of alkyl halides is 1. The van der Waals surface area contributed by atoms with Crippen LogP contribution in [-0.2, 0) is 4.79 Å². The van der Waals surface area contributed by atoms with Crippen LogP contribution >= 0.6 is 11.6 Å². The molecule has 1 aliphatic heterocycles. The lowest BCUT2D eigenvalue weighted by molar-refractivity contribution is -0.117. The lowest BCUT2D eigenvalue weighted by Crippen LogP contribution is -2.24. The first-order valence-corrected chi connectivity index (χ1v) is 6.75. The lowest BCUT2D eigenvalue weighted by atomic mass is 10.2. The molecular formula is C14H18ClNO2. The second-order valence-corrected chi connectivity index (χ2v) is 5.25. The predicted octanol–water partition coefficient (Wildman–Crippen LogP) is 3.21. The summed E-state index contributed by atoms with van der Waals surface area (Å²) in [6, 6.07) is 7.61. The molecule has 1 aromatic rings. The average Bonchev–Trinajstić information content (AvgIpc) is 2.69. The molecule has 98 valence electrons. The summed E-state index contributed by atoms with van der Waals surface area (Å²) in [5, 5.41) is -0.0754. The van der Waals surface area contributed by atoms with Crippen molar-refractivity contribution in [1.82, 2.24) is 0 Å². The number of ether oxygens (including phenoxy) is 1. The first-order valence-electron chi connectivity index (χ1n) is 6.31. The Morgan fingerprint density at radius 3 is 2.61 bits per heavy atom. The van der Waals surface area contributed by atoms with Gasteiger partial charge < -0.3 is 9.64 Å². The highest BCUT2D eigenvalue weighted by molar-refractivity contribution is 6.24. The molecule has 4 heteroatoms. The Labute approximate surface area is 113 Å². The summed E-state index contributed by atoms with van der Waals surface area (Å²) in [6.45, 7) is 4.71. The number of carbonyl (C=O) groups is 1. The van der Waals surface area contributed by atoms with Gasteiger partial charge >= 0.3 is 0 Å². The number of nitrogens with zero attached hydrogens (tertiary/aromatic N) is 1. The Morgan fingerprint density at radius 2 is 2.11 bits per heavy atom. The summed E-state index contributed by atoms with van der Waals surface area (Å²) >= 11 is 5.98. The fourth-order valence-electron chi connectivity index (χ4n) is 1.93. The fraction of sp³-hybridized carbons (Fsp3) is 0.500. The second kappa shape index (κ2) is 5.61. The van der Waals surface area contributed by atoms with E-state index in [0.717, 1.165) is 17.9 Å². The van der Waals surface area contributed by atoms with Gasteiger partial charge in [-0.1, -0.05) is 6.92 Å². The van der Waals surface area contributed by atoms with Gasteiger partial charge in [0.15, 0.2) is 0 Å². The molecule has 1 saturated heterocycles. The van der Waals surface area contributed by atoms with Crippen LogP contribution in [0.1, 0.15) is 26.7 Å². The highest BCUT2D eigenvalue weighted by atomic mass is 35.5. The molecule has 1 heterocycles. The third kappa shape index (κ3) is 2.96. The van der Waals surface area contributed by atoms with E-state index in [-0.39, 0.29) is 17.4 Å². The minimum atomic E-state index is -0.0754. The van der Waals surface area contributed by atoms with E-state index in [4.69, 9.17) is 16.3 Å². The van der Waals surface area contributed by atoms with Gasteiger partial charge in [-0.15, -0.1) is 11.6 Å². The van der Waals surface area contributed by atoms with Crippen LogP contribution in [0.3, 0.4) is 0 Å². The van der Waals surface area contributed by atoms with Gasteiger partial charge in [-0.2, -0.15) is 0 Å². The Kier molecular flexibility index (Phi) is 4.12. The van der Waals surface area contributed by atoms with Crippen molar-refractivity contribution < 1.29 is 9.53 Å². The van der Waals surface area contributed by atoms with E-state index in [2.05, 4.69) is 6.92 Å². The monoisotopic (exact) mass is 267 g/mol. The van der Waals surface area contributed by atoms with Gasteiger partial charge in [0, 0.05) is 18.7 Å². The van der Waals surface area contributed by atoms with Crippen LogP contribution in [0, 0.1) is 0 Å². The Hall–Kier alpha value is -1.22. The third-order valence-corrected chi connectivity index (χ3v) is 3.43. The maximum absolute atomic E-state index is 11.7. The van der Waals surface area contributed by atoms with Crippen molar-refractivity contribution in [1.29, 1.82) is 0 Å². The quantitative estimate of drug-likeness (QED) is 0.784. The van der Waals surface area contributed by atoms with Gasteiger partial charge in [0.25, 0.3) is 0 Å². The summed E-state index contributed by atoms with van der Waals surface area (Å²) in [4.78, 5) is 13.4. The average molecular weight is 268 g/mol. The minimum Gasteiger partial charge on any atom is -0.491 e. The number of amides is 1. The van der Waals surface area contributed by atoms with Gasteiger partial charge in [-0.25, -0.2) is 0 Å². The Bertz CT molecular complexity index is 418. The molecule has 3 nitrogen and oxygen atoms in total. The summed E-state index contributed by atoms with van der Waals surface area (Å²) in [5.41, 5.74) is 0.889. The maximum Gasteiger partial charge on any atom is 0.228 e. The van der Waals surface area contributed by atoms with Gasteiger partial charge in [0.1, 0.15) is 5.75 Å². The van der Waals surface area contributed by atoms with Crippen LogP contribution < -0.4 is 9.64 Å². The molecule has 0 radical (unpaired) electrons. The van der Waals surface area contributed by atoms with Crippen molar-refractivity contribution in [2.45, 2.75) is 38.2 Å². The molecule has 1 aromatic carbocycles. The van der Waals surface area contributed by atoms with Crippen molar-refractivity contribution in [3.63, 3.8) is 0 Å². The zero-order chi connectivity index (χ0) is 13.1. The van der Waals surface area contributed by atoms with Crippen LogP contribution in [0.5, 0.6) is 5.75 Å². The Morgan fingerprint density at radius 1 is 1.44 bits per heavy atom. The molecule has 1 amide bonds. The van der Waals surface area contributed by atoms with E-state index in [9.17, 15) is 4.79 Å². The first kappa shape index (κ1) is 13.2. The second-order valence-electron chi connectivity index (χ2n) is 4.64. The first-order chi connectivity index (χ1) is 8.60. The van der Waals surface area contributed by atoms with Gasteiger partial charge in [0.2, 0.25) is 5.91 Å². The molecule has 0 aliphatic carbocycles. The van der Waals surface area contributed by atoms with Crippen LogP contribution in [0.2, 0.25) is 0 Å². The molecule has 0 bridgehead atoms. The van der Waals surface area contributed by atoms with Gasteiger partial charge in [0.05, 0.1) is 11.5 Å². The molecule has 0 aromatic heterocycles. The van der Waals surface area contributed by atoms with Crippen LogP contribution in [0.25, 0.3) is 0 Å². The molecule has 0 saturated carbocycles. The molecular weight excluding hydrogens is 250 g/mol. The molecule has 18 heavy (non-hydrogen) atoms. The number of benzene rings is 1. The minimum absolute atomic E-state index is 0.0754. The summed E-state index contributed by atoms with van der Waals surface area (Å²) in [7, 11) is 0. The molecule has 2 rings (SSSR count). The van der Waals surface area contributed by atoms with Crippen molar-refractivity contribution in [2.24, 2.45) is 0 Å². The summed E-state index contributed by atoms with van der Waals surface area (Å²) < 4.78 is 5.70. The SMILES string of the molecule is CCC(C)Oc1ccc(N2CC(Cl)CC2=O)cc1. The smallest absolute Gasteiger partial charge is 0.228 e. The van der Waals surface area contributed by atoms with Crippen LogP contribution in [0.15, 0.2) is 24.3 Å². The number of halogens is 1.